The van der Waals surface area contributed by atoms with E-state index in [1.165, 1.54) is 12.3 Å². The number of carboxylic acid groups (broad SMARTS) is 1. The summed E-state index contributed by atoms with van der Waals surface area (Å²) >= 11 is 3.39. The Morgan fingerprint density at radius 3 is 2.52 bits per heavy atom. The van der Waals surface area contributed by atoms with Crippen LogP contribution in [0, 0.1) is 5.82 Å². The summed E-state index contributed by atoms with van der Waals surface area (Å²) in [7, 11) is 0. The van der Waals surface area contributed by atoms with Crippen molar-refractivity contribution in [3.63, 3.8) is 0 Å². The van der Waals surface area contributed by atoms with E-state index in [0.717, 1.165) is 23.1 Å². The van der Waals surface area contributed by atoms with Gasteiger partial charge in [0.2, 0.25) is 5.43 Å². The van der Waals surface area contributed by atoms with Crippen molar-refractivity contribution in [3.8, 4) is 0 Å². The molecule has 0 radical (unpaired) electrons. The first-order valence-corrected chi connectivity index (χ1v) is 10.0. The van der Waals surface area contributed by atoms with Crippen molar-refractivity contribution in [1.29, 1.82) is 0 Å². The monoisotopic (exact) mass is 459 g/mol. The van der Waals surface area contributed by atoms with Crippen LogP contribution in [-0.2, 0) is 6.54 Å². The summed E-state index contributed by atoms with van der Waals surface area (Å²) in [4.78, 5) is 26.2. The fourth-order valence-corrected chi connectivity index (χ4v) is 3.88. The average Bonchev–Trinajstić information content (AvgIpc) is 2.72. The fraction of sp³-hybridized carbons (Fsp3) is 0.238. The number of benzene rings is 2. The number of aromatic carboxylic acids is 1. The van der Waals surface area contributed by atoms with Gasteiger partial charge in [0, 0.05) is 48.8 Å². The molecule has 0 amide bonds. The Kier molecular flexibility index (Phi) is 5.38. The third-order valence-corrected chi connectivity index (χ3v) is 5.63. The molecule has 0 bridgehead atoms. The zero-order chi connectivity index (χ0) is 20.5. The van der Waals surface area contributed by atoms with Crippen molar-refractivity contribution in [2.45, 2.75) is 6.54 Å². The summed E-state index contributed by atoms with van der Waals surface area (Å²) in [5.74, 6) is -1.85. The van der Waals surface area contributed by atoms with Crippen molar-refractivity contribution in [2.24, 2.45) is 0 Å². The largest absolute Gasteiger partial charge is 0.477 e. The van der Waals surface area contributed by atoms with Crippen LogP contribution in [0.2, 0.25) is 0 Å². The van der Waals surface area contributed by atoms with Gasteiger partial charge < -0.3 is 19.9 Å². The Hall–Kier alpha value is -2.71. The molecule has 2 N–H and O–H groups in total. The maximum Gasteiger partial charge on any atom is 0.341 e. The zero-order valence-corrected chi connectivity index (χ0v) is 17.1. The number of nitrogens with one attached hydrogen (secondary N) is 1. The molecular formula is C21H19BrFN3O3. The third kappa shape index (κ3) is 3.90. The predicted octanol–water partition coefficient (Wildman–Crippen LogP) is 3.06. The van der Waals surface area contributed by atoms with Crippen LogP contribution in [0.4, 0.5) is 10.1 Å². The van der Waals surface area contributed by atoms with Crippen LogP contribution >= 0.6 is 15.9 Å². The molecule has 0 spiro atoms. The lowest BCUT2D eigenvalue weighted by Crippen LogP contribution is -2.43. The molecule has 0 aliphatic carbocycles. The summed E-state index contributed by atoms with van der Waals surface area (Å²) in [5.41, 5.74) is 0.820. The van der Waals surface area contributed by atoms with Gasteiger partial charge in [0.05, 0.1) is 11.2 Å². The van der Waals surface area contributed by atoms with E-state index in [4.69, 9.17) is 0 Å². The Balaban J connectivity index is 1.90. The summed E-state index contributed by atoms with van der Waals surface area (Å²) in [6, 6.07) is 10.4. The topological polar surface area (TPSA) is 74.6 Å². The molecule has 0 unspecified atom stereocenters. The van der Waals surface area contributed by atoms with Gasteiger partial charge in [-0.25, -0.2) is 9.18 Å². The van der Waals surface area contributed by atoms with Crippen molar-refractivity contribution < 1.29 is 14.3 Å². The maximum atomic E-state index is 14.9. The molecule has 4 rings (SSSR count). The summed E-state index contributed by atoms with van der Waals surface area (Å²) < 4.78 is 17.5. The Morgan fingerprint density at radius 2 is 1.86 bits per heavy atom. The number of carboxylic acids is 1. The molecule has 3 aromatic rings. The van der Waals surface area contributed by atoms with Gasteiger partial charge in [-0.15, -0.1) is 0 Å². The lowest BCUT2D eigenvalue weighted by atomic mass is 10.1. The van der Waals surface area contributed by atoms with Gasteiger partial charge in [0.15, 0.2) is 0 Å². The number of nitrogens with zero attached hydrogens (tertiary/aromatic N) is 2. The third-order valence-electron chi connectivity index (χ3n) is 5.10. The number of halogens is 2. The summed E-state index contributed by atoms with van der Waals surface area (Å²) in [5, 5.41) is 12.7. The van der Waals surface area contributed by atoms with Gasteiger partial charge in [0.1, 0.15) is 11.4 Å². The minimum absolute atomic E-state index is 0.0680. The molecule has 2 heterocycles. The number of fused-ring (bicyclic) bond motifs is 1. The first-order chi connectivity index (χ1) is 13.9. The van der Waals surface area contributed by atoms with Gasteiger partial charge in [-0.3, -0.25) is 4.79 Å². The van der Waals surface area contributed by atoms with E-state index in [0.29, 0.717) is 30.8 Å². The molecule has 29 heavy (non-hydrogen) atoms. The molecule has 1 fully saturated rings. The zero-order valence-electron chi connectivity index (χ0n) is 15.5. The van der Waals surface area contributed by atoms with Gasteiger partial charge in [0.25, 0.3) is 0 Å². The molecule has 8 heteroatoms. The van der Waals surface area contributed by atoms with E-state index in [2.05, 4.69) is 21.2 Å². The Morgan fingerprint density at radius 1 is 1.17 bits per heavy atom. The number of pyridine rings is 1. The van der Waals surface area contributed by atoms with E-state index in [9.17, 15) is 19.1 Å². The number of piperazine rings is 1. The Labute approximate surface area is 174 Å². The number of hydrogen-bond acceptors (Lipinski definition) is 4. The highest BCUT2D eigenvalue weighted by Crippen LogP contribution is 2.26. The quantitative estimate of drug-likeness (QED) is 0.626. The molecule has 1 aromatic heterocycles. The number of aromatic nitrogens is 1. The molecule has 0 saturated carbocycles. The number of carbonyl (C=O) groups is 1. The van der Waals surface area contributed by atoms with E-state index >= 15 is 0 Å². The van der Waals surface area contributed by atoms with Crippen LogP contribution in [0.3, 0.4) is 0 Å². The number of hydrogen-bond donors (Lipinski definition) is 2. The summed E-state index contributed by atoms with van der Waals surface area (Å²) in [6.07, 6.45) is 1.34. The molecule has 6 nitrogen and oxygen atoms in total. The van der Waals surface area contributed by atoms with Crippen molar-refractivity contribution in [1.82, 2.24) is 9.88 Å². The van der Waals surface area contributed by atoms with E-state index in [-0.39, 0.29) is 10.9 Å². The van der Waals surface area contributed by atoms with E-state index in [1.54, 1.807) is 10.6 Å². The van der Waals surface area contributed by atoms with Gasteiger partial charge in [-0.05, 0) is 29.8 Å². The van der Waals surface area contributed by atoms with Gasteiger partial charge in [-0.1, -0.05) is 28.1 Å². The normalized spacial score (nSPS) is 14.3. The standard InChI is InChI=1S/C21H19BrFN3O3/c22-14-3-1-13(2-4-14)11-26-12-16(21(28)29)20(27)15-9-17(23)19(10-18(15)26)25-7-5-24-6-8-25/h1-4,9-10,12,24H,5-8,11H2,(H,28,29). The lowest BCUT2D eigenvalue weighted by Gasteiger charge is -2.30. The van der Waals surface area contributed by atoms with Crippen molar-refractivity contribution in [3.05, 3.63) is 74.2 Å². The van der Waals surface area contributed by atoms with Gasteiger partial charge in [-0.2, -0.15) is 0 Å². The predicted molar refractivity (Wildman–Crippen MR) is 113 cm³/mol. The second-order valence-corrected chi connectivity index (χ2v) is 7.90. The lowest BCUT2D eigenvalue weighted by molar-refractivity contribution is 0.0695. The highest BCUT2D eigenvalue weighted by atomic mass is 79.9. The first-order valence-electron chi connectivity index (χ1n) is 9.24. The number of rotatable bonds is 4. The van der Waals surface area contributed by atoms with Crippen LogP contribution < -0.4 is 15.6 Å². The second kappa shape index (κ2) is 7.96. The molecule has 1 saturated heterocycles. The van der Waals surface area contributed by atoms with Crippen molar-refractivity contribution >= 4 is 38.5 Å². The highest BCUT2D eigenvalue weighted by Gasteiger charge is 2.20. The fourth-order valence-electron chi connectivity index (χ4n) is 3.62. The van der Waals surface area contributed by atoms with Crippen LogP contribution in [-0.4, -0.2) is 41.8 Å². The van der Waals surface area contributed by atoms with Gasteiger partial charge >= 0.3 is 5.97 Å². The maximum absolute atomic E-state index is 14.9. The van der Waals surface area contributed by atoms with Crippen LogP contribution in [0.15, 0.2) is 51.9 Å². The number of anilines is 1. The van der Waals surface area contributed by atoms with Crippen LogP contribution in [0.25, 0.3) is 10.9 Å². The molecule has 2 aromatic carbocycles. The molecule has 1 aliphatic heterocycles. The minimum Gasteiger partial charge on any atom is -0.477 e. The molecule has 1 aliphatic rings. The summed E-state index contributed by atoms with van der Waals surface area (Å²) in [6.45, 7) is 3.18. The second-order valence-electron chi connectivity index (χ2n) is 6.99. The average molecular weight is 460 g/mol. The molecule has 0 atom stereocenters. The Bertz CT molecular complexity index is 1140. The van der Waals surface area contributed by atoms with E-state index < -0.39 is 17.2 Å². The highest BCUT2D eigenvalue weighted by molar-refractivity contribution is 9.10. The minimum atomic E-state index is -1.33. The van der Waals surface area contributed by atoms with E-state index in [1.807, 2.05) is 29.2 Å². The molecule has 150 valence electrons. The van der Waals surface area contributed by atoms with Crippen LogP contribution in [0.1, 0.15) is 15.9 Å². The first kappa shape index (κ1) is 19.6. The van der Waals surface area contributed by atoms with Crippen molar-refractivity contribution in [2.75, 3.05) is 31.1 Å². The SMILES string of the molecule is O=C(O)c1cn(Cc2ccc(Br)cc2)c2cc(N3CCNCC3)c(F)cc2c1=O. The van der Waals surface area contributed by atoms with Crippen LogP contribution in [0.5, 0.6) is 0 Å². The smallest absolute Gasteiger partial charge is 0.341 e. The molecular weight excluding hydrogens is 441 g/mol.